The van der Waals surface area contributed by atoms with Crippen LogP contribution >= 0.6 is 0 Å². The van der Waals surface area contributed by atoms with Gasteiger partial charge < -0.3 is 0 Å². The molecule has 0 radical (unpaired) electrons. The summed E-state index contributed by atoms with van der Waals surface area (Å²) in [6, 6.07) is 0. The molecule has 0 bridgehead atoms. The molecule has 174 valence electrons. The molecule has 1 unspecified atom stereocenters. The second kappa shape index (κ2) is 18.7. The van der Waals surface area contributed by atoms with E-state index in [0.717, 1.165) is 11.3 Å². The summed E-state index contributed by atoms with van der Waals surface area (Å²) in [5, 5.41) is 0. The lowest BCUT2D eigenvalue weighted by atomic mass is 9.68. The van der Waals surface area contributed by atoms with Gasteiger partial charge in [-0.05, 0) is 43.4 Å². The molecule has 1 aliphatic carbocycles. The molecule has 1 fully saturated rings. The van der Waals surface area contributed by atoms with Gasteiger partial charge in [-0.2, -0.15) is 0 Å². The second-order valence-electron chi connectivity index (χ2n) is 10.5. The van der Waals surface area contributed by atoms with Crippen LogP contribution in [0.5, 0.6) is 0 Å². The summed E-state index contributed by atoms with van der Waals surface area (Å²) in [7, 11) is 0. The Kier molecular flexibility index (Phi) is 17.5. The second-order valence-corrected chi connectivity index (χ2v) is 10.5. The summed E-state index contributed by atoms with van der Waals surface area (Å²) in [5.41, 5.74) is 0.749. The van der Waals surface area contributed by atoms with Gasteiger partial charge in [-0.15, -0.1) is 0 Å². The molecule has 1 atom stereocenters. The van der Waals surface area contributed by atoms with Crippen LogP contribution in [0.25, 0.3) is 0 Å². The van der Waals surface area contributed by atoms with Gasteiger partial charge >= 0.3 is 0 Å². The molecular weight excluding hydrogens is 348 g/mol. The Labute approximate surface area is 186 Å². The predicted octanol–water partition coefficient (Wildman–Crippen LogP) is 11.0. The third kappa shape index (κ3) is 12.4. The highest BCUT2D eigenvalue weighted by molar-refractivity contribution is 4.91. The summed E-state index contributed by atoms with van der Waals surface area (Å²) in [5.74, 6) is 1.07. The van der Waals surface area contributed by atoms with Gasteiger partial charge in [0.1, 0.15) is 0 Å². The molecule has 1 aliphatic rings. The van der Waals surface area contributed by atoms with E-state index in [1.54, 1.807) is 32.1 Å². The first-order valence-electron chi connectivity index (χ1n) is 14.3. The SMILES string of the molecule is CCCCCCCCC1CCCC1(CCCCCCCC)CCCCCCCC. The van der Waals surface area contributed by atoms with Crippen molar-refractivity contribution in [2.45, 2.75) is 175 Å². The van der Waals surface area contributed by atoms with Crippen molar-refractivity contribution in [3.05, 3.63) is 0 Å². The van der Waals surface area contributed by atoms with E-state index in [1.165, 1.54) is 122 Å². The van der Waals surface area contributed by atoms with Gasteiger partial charge in [0, 0.05) is 0 Å². The fraction of sp³-hybridized carbons (Fsp3) is 1.00. The van der Waals surface area contributed by atoms with Crippen molar-refractivity contribution in [3.8, 4) is 0 Å². The van der Waals surface area contributed by atoms with Crippen LogP contribution in [0.1, 0.15) is 175 Å². The Bertz CT molecular complexity index is 315. The third-order valence-electron chi connectivity index (χ3n) is 8.06. The number of rotatable bonds is 21. The summed E-state index contributed by atoms with van der Waals surface area (Å²) in [4.78, 5) is 0. The fourth-order valence-electron chi connectivity index (χ4n) is 6.13. The van der Waals surface area contributed by atoms with Gasteiger partial charge in [-0.3, -0.25) is 0 Å². The minimum absolute atomic E-state index is 0.749. The topological polar surface area (TPSA) is 0 Å². The number of hydrogen-bond acceptors (Lipinski definition) is 0. The standard InChI is InChI=1S/C29H58/c1-4-7-10-13-16-19-23-28-24-22-27-29(28,25-20-17-14-11-8-5-2)26-21-18-15-12-9-6-3/h28H,4-27H2,1-3H3. The Hall–Kier alpha value is 0. The molecule has 0 heteroatoms. The molecule has 0 amide bonds. The van der Waals surface area contributed by atoms with E-state index < -0.39 is 0 Å². The third-order valence-corrected chi connectivity index (χ3v) is 8.06. The molecule has 0 nitrogen and oxygen atoms in total. The molecular formula is C29H58. The Morgan fingerprint density at radius 2 is 0.931 bits per heavy atom. The van der Waals surface area contributed by atoms with Crippen molar-refractivity contribution >= 4 is 0 Å². The largest absolute Gasteiger partial charge is 0.0654 e. The molecule has 0 aromatic heterocycles. The van der Waals surface area contributed by atoms with Gasteiger partial charge in [-0.25, -0.2) is 0 Å². The molecule has 1 rings (SSSR count). The Morgan fingerprint density at radius 1 is 0.517 bits per heavy atom. The van der Waals surface area contributed by atoms with Crippen molar-refractivity contribution in [1.82, 2.24) is 0 Å². The lowest BCUT2D eigenvalue weighted by Crippen LogP contribution is -2.26. The first-order chi connectivity index (χ1) is 14.3. The molecule has 0 heterocycles. The maximum atomic E-state index is 2.33. The molecule has 1 saturated carbocycles. The molecule has 29 heavy (non-hydrogen) atoms. The van der Waals surface area contributed by atoms with Gasteiger partial charge in [-0.1, -0.05) is 143 Å². The lowest BCUT2D eigenvalue weighted by Gasteiger charge is -2.37. The van der Waals surface area contributed by atoms with Crippen LogP contribution in [-0.4, -0.2) is 0 Å². The summed E-state index contributed by atoms with van der Waals surface area (Å²) in [6.07, 6.45) is 35.8. The highest BCUT2D eigenvalue weighted by atomic mass is 14.5. The molecule has 0 aromatic carbocycles. The number of unbranched alkanes of at least 4 members (excludes halogenated alkanes) is 15. The first kappa shape index (κ1) is 27.0. The summed E-state index contributed by atoms with van der Waals surface area (Å²) in [6.45, 7) is 7.00. The lowest BCUT2D eigenvalue weighted by molar-refractivity contribution is 0.141. The normalized spacial score (nSPS) is 18.5. The zero-order valence-corrected chi connectivity index (χ0v) is 21.0. The molecule has 0 spiro atoms. The quantitative estimate of drug-likeness (QED) is 0.166. The van der Waals surface area contributed by atoms with Crippen molar-refractivity contribution in [2.75, 3.05) is 0 Å². The van der Waals surface area contributed by atoms with Crippen LogP contribution in [0.4, 0.5) is 0 Å². The average Bonchev–Trinajstić information content (AvgIpc) is 3.12. The van der Waals surface area contributed by atoms with Crippen LogP contribution in [0.2, 0.25) is 0 Å². The minimum Gasteiger partial charge on any atom is -0.0654 e. The maximum Gasteiger partial charge on any atom is -0.0269 e. The van der Waals surface area contributed by atoms with E-state index >= 15 is 0 Å². The number of hydrogen-bond donors (Lipinski definition) is 0. The van der Waals surface area contributed by atoms with Gasteiger partial charge in [0.15, 0.2) is 0 Å². The van der Waals surface area contributed by atoms with Crippen molar-refractivity contribution in [2.24, 2.45) is 11.3 Å². The van der Waals surface area contributed by atoms with Gasteiger partial charge in [0.05, 0.1) is 0 Å². The maximum absolute atomic E-state index is 2.33. The van der Waals surface area contributed by atoms with E-state index in [-0.39, 0.29) is 0 Å². The van der Waals surface area contributed by atoms with E-state index in [2.05, 4.69) is 20.8 Å². The van der Waals surface area contributed by atoms with Crippen LogP contribution < -0.4 is 0 Å². The molecule has 0 N–H and O–H groups in total. The van der Waals surface area contributed by atoms with Gasteiger partial charge in [0.2, 0.25) is 0 Å². The zero-order valence-electron chi connectivity index (χ0n) is 21.0. The zero-order chi connectivity index (χ0) is 21.0. The van der Waals surface area contributed by atoms with Crippen molar-refractivity contribution < 1.29 is 0 Å². The van der Waals surface area contributed by atoms with E-state index in [0.29, 0.717) is 0 Å². The summed E-state index contributed by atoms with van der Waals surface area (Å²) >= 11 is 0. The predicted molar refractivity (Wildman–Crippen MR) is 134 cm³/mol. The minimum atomic E-state index is 0.749. The average molecular weight is 407 g/mol. The highest BCUT2D eigenvalue weighted by Gasteiger charge is 2.40. The Morgan fingerprint density at radius 3 is 1.41 bits per heavy atom. The fourth-order valence-corrected chi connectivity index (χ4v) is 6.13. The van der Waals surface area contributed by atoms with Crippen LogP contribution in [0.15, 0.2) is 0 Å². The van der Waals surface area contributed by atoms with Crippen LogP contribution in [0, 0.1) is 11.3 Å². The van der Waals surface area contributed by atoms with Crippen LogP contribution in [0.3, 0.4) is 0 Å². The molecule has 0 aliphatic heterocycles. The first-order valence-corrected chi connectivity index (χ1v) is 14.3. The monoisotopic (exact) mass is 406 g/mol. The van der Waals surface area contributed by atoms with Crippen molar-refractivity contribution in [1.29, 1.82) is 0 Å². The smallest absolute Gasteiger partial charge is 0.0269 e. The van der Waals surface area contributed by atoms with E-state index in [1.807, 2.05) is 0 Å². The highest BCUT2D eigenvalue weighted by Crippen LogP contribution is 2.52. The molecule has 0 saturated heterocycles. The van der Waals surface area contributed by atoms with Crippen LogP contribution in [-0.2, 0) is 0 Å². The Balaban J connectivity index is 2.41. The molecule has 0 aromatic rings. The van der Waals surface area contributed by atoms with E-state index in [9.17, 15) is 0 Å². The summed E-state index contributed by atoms with van der Waals surface area (Å²) < 4.78 is 0. The van der Waals surface area contributed by atoms with Crippen molar-refractivity contribution in [3.63, 3.8) is 0 Å². The van der Waals surface area contributed by atoms with E-state index in [4.69, 9.17) is 0 Å². The van der Waals surface area contributed by atoms with Gasteiger partial charge in [0.25, 0.3) is 0 Å².